The molecular weight excluding hydrogens is 267 g/mol. The highest BCUT2D eigenvalue weighted by Gasteiger charge is 2.24. The van der Waals surface area contributed by atoms with Crippen LogP contribution < -0.4 is 5.32 Å². The zero-order valence-electron chi connectivity index (χ0n) is 12.9. The maximum Gasteiger partial charge on any atom is 0.224 e. The average Bonchev–Trinajstić information content (AvgIpc) is 2.95. The van der Waals surface area contributed by atoms with E-state index < -0.39 is 0 Å². The van der Waals surface area contributed by atoms with Gasteiger partial charge in [-0.2, -0.15) is 0 Å². The lowest BCUT2D eigenvalue weighted by atomic mass is 10.0. The molecule has 1 aromatic carbocycles. The van der Waals surface area contributed by atoms with E-state index in [2.05, 4.69) is 24.1 Å². The Hall–Kier alpha value is -1.42. The Morgan fingerprint density at radius 2 is 1.86 bits per heavy atom. The van der Waals surface area contributed by atoms with Crippen molar-refractivity contribution in [2.75, 3.05) is 19.6 Å². The summed E-state index contributed by atoms with van der Waals surface area (Å²) in [7, 11) is 0. The Balaban J connectivity index is 1.82. The van der Waals surface area contributed by atoms with Gasteiger partial charge in [-0.25, -0.2) is 4.39 Å². The first-order valence-corrected chi connectivity index (χ1v) is 7.81. The van der Waals surface area contributed by atoms with Crippen LogP contribution >= 0.6 is 0 Å². The van der Waals surface area contributed by atoms with Gasteiger partial charge in [0, 0.05) is 12.6 Å². The number of rotatable bonds is 6. The number of amides is 1. The molecule has 1 fully saturated rings. The van der Waals surface area contributed by atoms with Gasteiger partial charge in [0.1, 0.15) is 5.82 Å². The summed E-state index contributed by atoms with van der Waals surface area (Å²) in [6, 6.07) is 6.52. The molecule has 1 saturated heterocycles. The molecule has 0 aromatic heterocycles. The highest BCUT2D eigenvalue weighted by molar-refractivity contribution is 5.78. The summed E-state index contributed by atoms with van der Waals surface area (Å²) in [6.45, 7) is 7.37. The molecular formula is C17H25FN2O. The molecule has 0 saturated carbocycles. The topological polar surface area (TPSA) is 32.3 Å². The van der Waals surface area contributed by atoms with Gasteiger partial charge in [-0.3, -0.25) is 9.69 Å². The van der Waals surface area contributed by atoms with Gasteiger partial charge in [0.15, 0.2) is 0 Å². The Morgan fingerprint density at radius 1 is 1.24 bits per heavy atom. The van der Waals surface area contributed by atoms with Gasteiger partial charge in [-0.1, -0.05) is 26.0 Å². The first-order valence-electron chi connectivity index (χ1n) is 7.81. The maximum absolute atomic E-state index is 12.8. The van der Waals surface area contributed by atoms with E-state index in [1.165, 1.54) is 25.0 Å². The number of carbonyl (C=O) groups excluding carboxylic acids is 1. The van der Waals surface area contributed by atoms with Crippen molar-refractivity contribution in [1.29, 1.82) is 0 Å². The van der Waals surface area contributed by atoms with E-state index >= 15 is 0 Å². The monoisotopic (exact) mass is 292 g/mol. The fraction of sp³-hybridized carbons (Fsp3) is 0.588. The maximum atomic E-state index is 12.8. The standard InChI is InChI=1S/C17H25FN2O/c1-13(2)16(20-9-3-4-10-20)12-19-17(21)11-14-5-7-15(18)8-6-14/h5-8,13,16H,3-4,9-12H2,1-2H3,(H,19,21). The minimum atomic E-state index is -0.270. The summed E-state index contributed by atoms with van der Waals surface area (Å²) in [5, 5.41) is 3.03. The Morgan fingerprint density at radius 3 is 2.43 bits per heavy atom. The molecule has 3 nitrogen and oxygen atoms in total. The SMILES string of the molecule is CC(C)C(CNC(=O)Cc1ccc(F)cc1)N1CCCC1. The number of likely N-dealkylation sites (tertiary alicyclic amines) is 1. The lowest BCUT2D eigenvalue weighted by molar-refractivity contribution is -0.120. The molecule has 1 atom stereocenters. The highest BCUT2D eigenvalue weighted by Crippen LogP contribution is 2.17. The van der Waals surface area contributed by atoms with Gasteiger partial charge in [0.25, 0.3) is 0 Å². The molecule has 1 N–H and O–H groups in total. The van der Waals surface area contributed by atoms with E-state index in [0.29, 0.717) is 24.9 Å². The van der Waals surface area contributed by atoms with Crippen LogP contribution in [-0.4, -0.2) is 36.5 Å². The third kappa shape index (κ3) is 4.81. The number of nitrogens with zero attached hydrogens (tertiary/aromatic N) is 1. The number of nitrogens with one attached hydrogen (secondary N) is 1. The number of hydrogen-bond acceptors (Lipinski definition) is 2. The van der Waals surface area contributed by atoms with Crippen LogP contribution in [0.3, 0.4) is 0 Å². The molecule has 1 aliphatic heterocycles. The first kappa shape index (κ1) is 16.0. The molecule has 1 aromatic rings. The molecule has 2 rings (SSSR count). The van der Waals surface area contributed by atoms with Gasteiger partial charge in [0.05, 0.1) is 6.42 Å². The molecule has 0 bridgehead atoms. The van der Waals surface area contributed by atoms with Gasteiger partial charge in [-0.15, -0.1) is 0 Å². The zero-order chi connectivity index (χ0) is 15.2. The molecule has 116 valence electrons. The normalized spacial score (nSPS) is 17.1. The molecule has 4 heteroatoms. The number of hydrogen-bond donors (Lipinski definition) is 1. The van der Waals surface area contributed by atoms with Crippen LogP contribution in [0.2, 0.25) is 0 Å². The van der Waals surface area contributed by atoms with E-state index in [9.17, 15) is 9.18 Å². The second-order valence-electron chi connectivity index (χ2n) is 6.16. The van der Waals surface area contributed by atoms with Crippen LogP contribution in [0.5, 0.6) is 0 Å². The van der Waals surface area contributed by atoms with Crippen molar-refractivity contribution in [3.63, 3.8) is 0 Å². The smallest absolute Gasteiger partial charge is 0.224 e. The van der Waals surface area contributed by atoms with Crippen LogP contribution in [0, 0.1) is 11.7 Å². The van der Waals surface area contributed by atoms with Crippen LogP contribution in [0.1, 0.15) is 32.3 Å². The first-order chi connectivity index (χ1) is 10.1. The van der Waals surface area contributed by atoms with E-state index in [1.54, 1.807) is 12.1 Å². The van der Waals surface area contributed by atoms with Crippen molar-refractivity contribution in [2.24, 2.45) is 5.92 Å². The Kier molecular flexibility index (Phi) is 5.74. The minimum absolute atomic E-state index is 0.00598. The van der Waals surface area contributed by atoms with E-state index in [4.69, 9.17) is 0 Å². The summed E-state index contributed by atoms with van der Waals surface area (Å²) >= 11 is 0. The van der Waals surface area contributed by atoms with Gasteiger partial charge in [-0.05, 0) is 49.5 Å². The second kappa shape index (κ2) is 7.55. The van der Waals surface area contributed by atoms with Crippen molar-refractivity contribution < 1.29 is 9.18 Å². The molecule has 1 unspecified atom stereocenters. The van der Waals surface area contributed by atoms with E-state index in [-0.39, 0.29) is 11.7 Å². The Bertz CT molecular complexity index is 452. The fourth-order valence-corrected chi connectivity index (χ4v) is 2.93. The highest BCUT2D eigenvalue weighted by atomic mass is 19.1. The molecule has 1 amide bonds. The minimum Gasteiger partial charge on any atom is -0.354 e. The van der Waals surface area contributed by atoms with Crippen LogP contribution in [0.25, 0.3) is 0 Å². The summed E-state index contributed by atoms with van der Waals surface area (Å²) in [5.41, 5.74) is 0.844. The molecule has 0 spiro atoms. The van der Waals surface area contributed by atoms with Crippen LogP contribution in [0.4, 0.5) is 4.39 Å². The fourth-order valence-electron chi connectivity index (χ4n) is 2.93. The lowest BCUT2D eigenvalue weighted by Gasteiger charge is -2.31. The number of halogens is 1. The summed E-state index contributed by atoms with van der Waals surface area (Å²) in [6.07, 6.45) is 2.82. The van der Waals surface area contributed by atoms with Gasteiger partial charge >= 0.3 is 0 Å². The predicted molar refractivity (Wildman–Crippen MR) is 82.5 cm³/mol. The Labute approximate surface area is 126 Å². The van der Waals surface area contributed by atoms with Crippen LogP contribution in [-0.2, 0) is 11.2 Å². The third-order valence-electron chi connectivity index (χ3n) is 4.17. The predicted octanol–water partition coefficient (Wildman–Crippen LogP) is 2.60. The molecule has 0 aliphatic carbocycles. The van der Waals surface area contributed by atoms with Crippen molar-refractivity contribution >= 4 is 5.91 Å². The molecule has 1 aliphatic rings. The number of carbonyl (C=O) groups is 1. The van der Waals surface area contributed by atoms with Crippen molar-refractivity contribution in [3.05, 3.63) is 35.6 Å². The van der Waals surface area contributed by atoms with Crippen LogP contribution in [0.15, 0.2) is 24.3 Å². The van der Waals surface area contributed by atoms with Gasteiger partial charge < -0.3 is 5.32 Å². The van der Waals surface area contributed by atoms with E-state index in [0.717, 1.165) is 18.7 Å². The molecule has 0 radical (unpaired) electrons. The quantitative estimate of drug-likeness (QED) is 0.874. The average molecular weight is 292 g/mol. The second-order valence-corrected chi connectivity index (χ2v) is 6.16. The summed E-state index contributed by atoms with van der Waals surface area (Å²) in [4.78, 5) is 14.5. The molecule has 21 heavy (non-hydrogen) atoms. The zero-order valence-corrected chi connectivity index (χ0v) is 12.9. The van der Waals surface area contributed by atoms with Crippen molar-refractivity contribution in [2.45, 2.75) is 39.2 Å². The van der Waals surface area contributed by atoms with Crippen molar-refractivity contribution in [1.82, 2.24) is 10.2 Å². The summed E-state index contributed by atoms with van der Waals surface area (Å²) in [5.74, 6) is 0.258. The summed E-state index contributed by atoms with van der Waals surface area (Å²) < 4.78 is 12.8. The van der Waals surface area contributed by atoms with Gasteiger partial charge in [0.2, 0.25) is 5.91 Å². The largest absolute Gasteiger partial charge is 0.354 e. The molecule has 1 heterocycles. The van der Waals surface area contributed by atoms with E-state index in [1.807, 2.05) is 0 Å². The number of benzene rings is 1. The van der Waals surface area contributed by atoms with Crippen molar-refractivity contribution in [3.8, 4) is 0 Å². The third-order valence-corrected chi connectivity index (χ3v) is 4.17. The lowest BCUT2D eigenvalue weighted by Crippen LogP contribution is -2.45.